The van der Waals surface area contributed by atoms with Crippen molar-refractivity contribution in [3.05, 3.63) is 63.8 Å². The molecule has 154 valence electrons. The van der Waals surface area contributed by atoms with E-state index in [9.17, 15) is 14.4 Å². The van der Waals surface area contributed by atoms with Gasteiger partial charge in [-0.1, -0.05) is 6.07 Å². The number of thiazole rings is 1. The minimum atomic E-state index is -0.499. The first kappa shape index (κ1) is 20.2. The summed E-state index contributed by atoms with van der Waals surface area (Å²) >= 11 is 2.73. The Balaban J connectivity index is 1.41. The second-order valence-corrected chi connectivity index (χ2v) is 8.69. The van der Waals surface area contributed by atoms with Crippen LogP contribution in [0.25, 0.3) is 0 Å². The summed E-state index contributed by atoms with van der Waals surface area (Å²) in [7, 11) is 0. The van der Waals surface area contributed by atoms with Gasteiger partial charge in [0.05, 0.1) is 4.88 Å². The Morgan fingerprint density at radius 1 is 1.00 bits per heavy atom. The molecular weight excluding hydrogens is 420 g/mol. The first-order valence-electron chi connectivity index (χ1n) is 9.58. The van der Waals surface area contributed by atoms with Gasteiger partial charge in [0.1, 0.15) is 6.04 Å². The van der Waals surface area contributed by atoms with Gasteiger partial charge in [0.25, 0.3) is 11.8 Å². The molecule has 3 amide bonds. The highest BCUT2D eigenvalue weighted by molar-refractivity contribution is 7.13. The van der Waals surface area contributed by atoms with Crippen LogP contribution in [0.1, 0.15) is 39.3 Å². The number of piperidine rings is 1. The van der Waals surface area contributed by atoms with Gasteiger partial charge in [-0.2, -0.15) is 0 Å². The lowest BCUT2D eigenvalue weighted by atomic mass is 10.0. The molecular formula is C21H20N4O3S2. The fourth-order valence-corrected chi connectivity index (χ4v) is 4.58. The molecule has 30 heavy (non-hydrogen) atoms. The molecule has 0 radical (unpaired) electrons. The summed E-state index contributed by atoms with van der Waals surface area (Å²) in [5.41, 5.74) is 1.05. The van der Waals surface area contributed by atoms with Crippen LogP contribution in [-0.2, 0) is 4.79 Å². The summed E-state index contributed by atoms with van der Waals surface area (Å²) < 4.78 is 0. The van der Waals surface area contributed by atoms with Crippen molar-refractivity contribution in [1.29, 1.82) is 0 Å². The molecule has 9 heteroatoms. The molecule has 0 saturated carbocycles. The van der Waals surface area contributed by atoms with E-state index in [0.29, 0.717) is 34.2 Å². The van der Waals surface area contributed by atoms with E-state index >= 15 is 0 Å². The Labute approximate surface area is 181 Å². The van der Waals surface area contributed by atoms with Gasteiger partial charge in [0.15, 0.2) is 5.13 Å². The summed E-state index contributed by atoms with van der Waals surface area (Å²) in [4.78, 5) is 44.3. The van der Waals surface area contributed by atoms with Gasteiger partial charge in [-0.3, -0.25) is 19.7 Å². The predicted octanol–water partition coefficient (Wildman–Crippen LogP) is 4.09. The zero-order chi connectivity index (χ0) is 20.9. The molecule has 0 aliphatic carbocycles. The van der Waals surface area contributed by atoms with Crippen molar-refractivity contribution >= 4 is 51.2 Å². The van der Waals surface area contributed by atoms with Crippen LogP contribution in [0.15, 0.2) is 53.4 Å². The van der Waals surface area contributed by atoms with Gasteiger partial charge >= 0.3 is 0 Å². The number of thiophene rings is 1. The lowest BCUT2D eigenvalue weighted by molar-refractivity contribution is -0.121. The molecule has 1 aliphatic rings. The van der Waals surface area contributed by atoms with Gasteiger partial charge in [-0.05, 0) is 55.0 Å². The third-order valence-corrected chi connectivity index (χ3v) is 6.41. The van der Waals surface area contributed by atoms with Crippen molar-refractivity contribution in [2.45, 2.75) is 25.3 Å². The molecule has 1 atom stereocenters. The minimum absolute atomic E-state index is 0.0981. The molecule has 4 rings (SSSR count). The maximum absolute atomic E-state index is 12.9. The standard InChI is InChI=1S/C21H20N4O3S2/c26-18(24-21-22-10-13-30-21)14-6-8-15(9-7-14)23-19(27)16-4-1-2-11-25(16)20(28)17-5-3-12-29-17/h3,5-10,12-13,16H,1-2,4,11H2,(H,23,27)(H,22,24,26). The Bertz CT molecular complexity index is 1020. The zero-order valence-corrected chi connectivity index (χ0v) is 17.7. The van der Waals surface area contributed by atoms with Gasteiger partial charge < -0.3 is 10.2 Å². The molecule has 0 bridgehead atoms. The number of nitrogens with zero attached hydrogens (tertiary/aromatic N) is 2. The number of hydrogen-bond donors (Lipinski definition) is 2. The topological polar surface area (TPSA) is 91.4 Å². The fourth-order valence-electron chi connectivity index (χ4n) is 3.37. The molecule has 0 spiro atoms. The van der Waals surface area contributed by atoms with E-state index in [2.05, 4.69) is 15.6 Å². The van der Waals surface area contributed by atoms with Gasteiger partial charge in [-0.25, -0.2) is 4.98 Å². The molecule has 1 unspecified atom stereocenters. The lowest BCUT2D eigenvalue weighted by Gasteiger charge is -2.34. The molecule has 1 aromatic carbocycles. The monoisotopic (exact) mass is 440 g/mol. The van der Waals surface area contributed by atoms with Crippen LogP contribution in [0.4, 0.5) is 10.8 Å². The predicted molar refractivity (Wildman–Crippen MR) is 118 cm³/mol. The summed E-state index contributed by atoms with van der Waals surface area (Å²) in [6.45, 7) is 0.574. The maximum Gasteiger partial charge on any atom is 0.264 e. The number of likely N-dealkylation sites (tertiary alicyclic amines) is 1. The SMILES string of the molecule is O=C(Nc1nccs1)c1ccc(NC(=O)C2CCCCN2C(=O)c2cccs2)cc1. The normalized spacial score (nSPS) is 16.1. The Hall–Kier alpha value is -3.04. The molecule has 2 aromatic heterocycles. The smallest absolute Gasteiger partial charge is 0.264 e. The second kappa shape index (κ2) is 9.19. The Morgan fingerprint density at radius 2 is 1.83 bits per heavy atom. The first-order chi connectivity index (χ1) is 14.6. The van der Waals surface area contributed by atoms with Gasteiger partial charge in [0.2, 0.25) is 5.91 Å². The average molecular weight is 441 g/mol. The third-order valence-electron chi connectivity index (χ3n) is 4.87. The van der Waals surface area contributed by atoms with Crippen molar-refractivity contribution in [2.75, 3.05) is 17.2 Å². The van der Waals surface area contributed by atoms with Crippen LogP contribution in [0.2, 0.25) is 0 Å². The van der Waals surface area contributed by atoms with Crippen LogP contribution < -0.4 is 10.6 Å². The number of amides is 3. The average Bonchev–Trinajstić information content (AvgIpc) is 3.48. The molecule has 3 aromatic rings. The van der Waals surface area contributed by atoms with Crippen LogP contribution in [0.3, 0.4) is 0 Å². The number of carbonyl (C=O) groups excluding carboxylic acids is 3. The Morgan fingerprint density at radius 3 is 2.53 bits per heavy atom. The van der Waals surface area contributed by atoms with Gasteiger partial charge in [-0.15, -0.1) is 22.7 Å². The fraction of sp³-hybridized carbons (Fsp3) is 0.238. The number of benzene rings is 1. The maximum atomic E-state index is 12.9. The highest BCUT2D eigenvalue weighted by Gasteiger charge is 2.33. The summed E-state index contributed by atoms with van der Waals surface area (Å²) in [5, 5.41) is 9.78. The summed E-state index contributed by atoms with van der Waals surface area (Å²) in [6, 6.07) is 9.78. The first-order valence-corrected chi connectivity index (χ1v) is 11.3. The van der Waals surface area contributed by atoms with Crippen molar-refractivity contribution < 1.29 is 14.4 Å². The van der Waals surface area contributed by atoms with E-state index in [1.165, 1.54) is 22.7 Å². The molecule has 1 saturated heterocycles. The number of aromatic nitrogens is 1. The number of rotatable bonds is 5. The van der Waals surface area contributed by atoms with Crippen molar-refractivity contribution in [1.82, 2.24) is 9.88 Å². The van der Waals surface area contributed by atoms with E-state index in [1.54, 1.807) is 46.8 Å². The highest BCUT2D eigenvalue weighted by Crippen LogP contribution is 2.23. The van der Waals surface area contributed by atoms with Crippen molar-refractivity contribution in [3.8, 4) is 0 Å². The number of hydrogen-bond acceptors (Lipinski definition) is 6. The minimum Gasteiger partial charge on any atom is -0.326 e. The van der Waals surface area contributed by atoms with Crippen LogP contribution in [0, 0.1) is 0 Å². The lowest BCUT2D eigenvalue weighted by Crippen LogP contribution is -2.49. The largest absolute Gasteiger partial charge is 0.326 e. The number of carbonyl (C=O) groups is 3. The van der Waals surface area contributed by atoms with E-state index in [-0.39, 0.29) is 17.7 Å². The molecule has 1 aliphatic heterocycles. The van der Waals surface area contributed by atoms with Crippen molar-refractivity contribution in [3.63, 3.8) is 0 Å². The molecule has 3 heterocycles. The number of nitrogens with one attached hydrogen (secondary N) is 2. The molecule has 2 N–H and O–H groups in total. The van der Waals surface area contributed by atoms with E-state index in [0.717, 1.165) is 12.8 Å². The van der Waals surface area contributed by atoms with Crippen LogP contribution >= 0.6 is 22.7 Å². The molecule has 7 nitrogen and oxygen atoms in total. The highest BCUT2D eigenvalue weighted by atomic mass is 32.1. The summed E-state index contributed by atoms with van der Waals surface area (Å²) in [5.74, 6) is -0.568. The van der Waals surface area contributed by atoms with E-state index in [1.807, 2.05) is 11.4 Å². The second-order valence-electron chi connectivity index (χ2n) is 6.85. The van der Waals surface area contributed by atoms with Crippen LogP contribution in [-0.4, -0.2) is 40.2 Å². The van der Waals surface area contributed by atoms with E-state index in [4.69, 9.17) is 0 Å². The van der Waals surface area contributed by atoms with E-state index < -0.39 is 6.04 Å². The van der Waals surface area contributed by atoms with Gasteiger partial charge in [0, 0.05) is 29.4 Å². The third kappa shape index (κ3) is 4.58. The summed E-state index contributed by atoms with van der Waals surface area (Å²) in [6.07, 6.45) is 4.06. The zero-order valence-electron chi connectivity index (χ0n) is 16.0. The number of anilines is 2. The van der Waals surface area contributed by atoms with Crippen LogP contribution in [0.5, 0.6) is 0 Å². The Kier molecular flexibility index (Phi) is 6.20. The van der Waals surface area contributed by atoms with Crippen molar-refractivity contribution in [2.24, 2.45) is 0 Å². The quantitative estimate of drug-likeness (QED) is 0.625. The molecule has 1 fully saturated rings.